The van der Waals surface area contributed by atoms with Gasteiger partial charge in [-0.2, -0.15) is 0 Å². The number of aromatic nitrogens is 2. The average molecular weight is 406 g/mol. The normalized spacial score (nSPS) is 12.4. The van der Waals surface area contributed by atoms with E-state index in [0.717, 1.165) is 20.2 Å². The Balaban J connectivity index is 1.81. The number of likely N-dealkylation sites (N-methyl/N-ethyl adjacent to an activating group) is 2. The van der Waals surface area contributed by atoms with Crippen LogP contribution in [-0.2, 0) is 11.3 Å². The van der Waals surface area contributed by atoms with Gasteiger partial charge in [-0.1, -0.05) is 0 Å². The number of quaternary nitrogens is 1. The first-order valence-electron chi connectivity index (χ1n) is 9.09. The topological polar surface area (TPSA) is 70.5 Å². The molecule has 0 aliphatic carbocycles. The maximum Gasteiger partial charge on any atom is 0.277 e. The van der Waals surface area contributed by atoms with Crippen LogP contribution >= 0.6 is 22.7 Å². The molecule has 3 aromatic heterocycles. The molecule has 0 bridgehead atoms. The lowest BCUT2D eigenvalue weighted by molar-refractivity contribution is -0.886. The summed E-state index contributed by atoms with van der Waals surface area (Å²) in [6.45, 7) is 8.33. The second kappa shape index (κ2) is 8.33. The zero-order chi connectivity index (χ0) is 19.6. The second-order valence-electron chi connectivity index (χ2n) is 6.63. The van der Waals surface area contributed by atoms with E-state index in [4.69, 9.17) is 0 Å². The van der Waals surface area contributed by atoms with Gasteiger partial charge in [0.1, 0.15) is 11.4 Å². The summed E-state index contributed by atoms with van der Waals surface area (Å²) < 4.78 is 0. The van der Waals surface area contributed by atoms with Gasteiger partial charge in [0, 0.05) is 33.8 Å². The van der Waals surface area contributed by atoms with Gasteiger partial charge in [0.2, 0.25) is 0 Å². The quantitative estimate of drug-likeness (QED) is 0.631. The number of aryl methyl sites for hydroxylation is 1. The molecule has 27 heavy (non-hydrogen) atoms. The van der Waals surface area contributed by atoms with Gasteiger partial charge in [0.25, 0.3) is 11.5 Å². The lowest BCUT2D eigenvalue weighted by atomic mass is 10.2. The van der Waals surface area contributed by atoms with Gasteiger partial charge < -0.3 is 14.8 Å². The minimum absolute atomic E-state index is 0.111. The van der Waals surface area contributed by atoms with E-state index in [2.05, 4.69) is 23.0 Å². The molecule has 8 heteroatoms. The Morgan fingerprint density at radius 3 is 2.67 bits per heavy atom. The number of hydrogen-bond acceptors (Lipinski definition) is 5. The maximum atomic E-state index is 12.7. The van der Waals surface area contributed by atoms with Crippen molar-refractivity contribution in [3.8, 4) is 10.4 Å². The molecule has 0 saturated carbocycles. The van der Waals surface area contributed by atoms with Crippen LogP contribution in [0.3, 0.4) is 0 Å². The van der Waals surface area contributed by atoms with Gasteiger partial charge in [0.15, 0.2) is 12.4 Å². The fourth-order valence-electron chi connectivity index (χ4n) is 3.13. The summed E-state index contributed by atoms with van der Waals surface area (Å²) in [5, 5.41) is 2.66. The molecule has 3 heterocycles. The van der Waals surface area contributed by atoms with Gasteiger partial charge in [-0.05, 0) is 32.9 Å². The largest absolute Gasteiger partial charge is 0.338 e. The molecule has 1 atom stereocenters. The molecular weight excluding hydrogens is 380 g/mol. The Morgan fingerprint density at radius 1 is 1.30 bits per heavy atom. The van der Waals surface area contributed by atoms with E-state index in [1.165, 1.54) is 16.2 Å². The van der Waals surface area contributed by atoms with Crippen molar-refractivity contribution in [1.29, 1.82) is 0 Å². The molecule has 1 unspecified atom stereocenters. The van der Waals surface area contributed by atoms with Crippen LogP contribution in [0.2, 0.25) is 0 Å². The molecule has 144 valence electrons. The first kappa shape index (κ1) is 19.7. The molecule has 0 aliphatic rings. The maximum absolute atomic E-state index is 12.7. The summed E-state index contributed by atoms with van der Waals surface area (Å²) in [7, 11) is 1.94. The van der Waals surface area contributed by atoms with E-state index >= 15 is 0 Å². The summed E-state index contributed by atoms with van der Waals surface area (Å²) >= 11 is 3.17. The number of thiophene rings is 2. The highest BCUT2D eigenvalue weighted by atomic mass is 32.1. The molecule has 2 N–H and O–H groups in total. The van der Waals surface area contributed by atoms with E-state index in [0.29, 0.717) is 37.4 Å². The van der Waals surface area contributed by atoms with E-state index in [1.54, 1.807) is 11.3 Å². The summed E-state index contributed by atoms with van der Waals surface area (Å²) in [5.41, 5.74) is 0.839. The minimum Gasteiger partial charge on any atom is -0.338 e. The van der Waals surface area contributed by atoms with E-state index < -0.39 is 0 Å². The van der Waals surface area contributed by atoms with Crippen molar-refractivity contribution in [2.24, 2.45) is 0 Å². The molecular formula is C19H25N4O2S2+. The van der Waals surface area contributed by atoms with Crippen molar-refractivity contribution in [1.82, 2.24) is 14.9 Å². The third kappa shape index (κ3) is 4.28. The molecule has 3 aromatic rings. The van der Waals surface area contributed by atoms with E-state index in [1.807, 2.05) is 37.2 Å². The number of nitrogens with zero attached hydrogens (tertiary/aromatic N) is 2. The van der Waals surface area contributed by atoms with Gasteiger partial charge in [0.05, 0.1) is 12.4 Å². The Morgan fingerprint density at radius 2 is 2.04 bits per heavy atom. The number of fused-ring (bicyclic) bond motifs is 1. The van der Waals surface area contributed by atoms with Gasteiger partial charge in [-0.25, -0.2) is 4.98 Å². The predicted molar refractivity (Wildman–Crippen MR) is 112 cm³/mol. The molecule has 3 rings (SSSR count). The van der Waals surface area contributed by atoms with Crippen molar-refractivity contribution >= 4 is 38.8 Å². The molecule has 6 nitrogen and oxygen atoms in total. The molecule has 0 saturated heterocycles. The Labute approximate surface area is 166 Å². The third-order valence-electron chi connectivity index (χ3n) is 4.54. The zero-order valence-corrected chi connectivity index (χ0v) is 17.7. The summed E-state index contributed by atoms with van der Waals surface area (Å²) in [6.07, 6.45) is 0. The highest BCUT2D eigenvalue weighted by Gasteiger charge is 2.18. The van der Waals surface area contributed by atoms with Gasteiger partial charge in [-0.15, -0.1) is 22.7 Å². The minimum atomic E-state index is -0.111. The molecule has 0 spiro atoms. The first-order chi connectivity index (χ1) is 12.9. The summed E-state index contributed by atoms with van der Waals surface area (Å²) in [5.74, 6) is 0.737. The van der Waals surface area contributed by atoms with Crippen LogP contribution in [0, 0.1) is 6.92 Å². The molecule has 0 aliphatic heterocycles. The standard InChI is InChI=1S/C19H24N4O2S2/c1-5-23(6-2)16(24)10-22(4)9-15-20-18(25)17-13(11-26-19(17)21-15)14-8-7-12(3)27-14/h7-8,11H,5-6,9-10H2,1-4H3,(H,20,21,25)/p+1. The van der Waals surface area contributed by atoms with Crippen molar-refractivity contribution in [3.63, 3.8) is 0 Å². The van der Waals surface area contributed by atoms with Crippen LogP contribution in [0.15, 0.2) is 22.3 Å². The fraction of sp³-hybridized carbons (Fsp3) is 0.421. The van der Waals surface area contributed by atoms with Gasteiger partial charge in [-0.3, -0.25) is 9.59 Å². The van der Waals surface area contributed by atoms with Crippen molar-refractivity contribution in [2.75, 3.05) is 26.7 Å². The van der Waals surface area contributed by atoms with Crippen molar-refractivity contribution in [3.05, 3.63) is 38.6 Å². The van der Waals surface area contributed by atoms with Crippen LogP contribution in [0.5, 0.6) is 0 Å². The number of rotatable bonds is 7. The number of nitrogens with one attached hydrogen (secondary N) is 2. The second-order valence-corrected chi connectivity index (χ2v) is 8.78. The summed E-state index contributed by atoms with van der Waals surface area (Å²) in [4.78, 5) is 38.4. The van der Waals surface area contributed by atoms with Crippen molar-refractivity contribution < 1.29 is 9.69 Å². The molecule has 0 radical (unpaired) electrons. The number of H-pyrrole nitrogens is 1. The lowest BCUT2D eigenvalue weighted by Gasteiger charge is -2.20. The number of carbonyl (C=O) groups excluding carboxylic acids is 1. The van der Waals surface area contributed by atoms with Crippen LogP contribution < -0.4 is 10.5 Å². The Hall–Kier alpha value is -2.03. The molecule has 0 aromatic carbocycles. The van der Waals surface area contributed by atoms with Crippen molar-refractivity contribution in [2.45, 2.75) is 27.3 Å². The average Bonchev–Trinajstić information content (AvgIpc) is 3.22. The lowest BCUT2D eigenvalue weighted by Crippen LogP contribution is -3.09. The molecule has 1 amide bonds. The fourth-order valence-corrected chi connectivity index (χ4v) is 5.05. The zero-order valence-electron chi connectivity index (χ0n) is 16.1. The number of carbonyl (C=O) groups is 1. The van der Waals surface area contributed by atoms with E-state index in [-0.39, 0.29) is 11.5 Å². The van der Waals surface area contributed by atoms with Crippen LogP contribution in [0.25, 0.3) is 20.7 Å². The van der Waals surface area contributed by atoms with Gasteiger partial charge >= 0.3 is 0 Å². The predicted octanol–water partition coefficient (Wildman–Crippen LogP) is 1.90. The SMILES string of the molecule is CCN(CC)C(=O)C[NH+](C)Cc1nc2scc(-c3ccc(C)s3)c2c(=O)[nH]1. The third-order valence-corrected chi connectivity index (χ3v) is 6.44. The smallest absolute Gasteiger partial charge is 0.277 e. The monoisotopic (exact) mass is 405 g/mol. The number of amides is 1. The first-order valence-corrected chi connectivity index (χ1v) is 10.8. The highest BCUT2D eigenvalue weighted by Crippen LogP contribution is 2.34. The Bertz CT molecular complexity index is 1000. The Kier molecular flexibility index (Phi) is 6.08. The van der Waals surface area contributed by atoms with Crippen LogP contribution in [-0.4, -0.2) is 47.5 Å². The highest BCUT2D eigenvalue weighted by molar-refractivity contribution is 7.19. The number of hydrogen-bond donors (Lipinski definition) is 2. The summed E-state index contributed by atoms with van der Waals surface area (Å²) in [6, 6.07) is 4.11. The molecule has 0 fully saturated rings. The van der Waals surface area contributed by atoms with E-state index in [9.17, 15) is 9.59 Å². The number of aromatic amines is 1. The van der Waals surface area contributed by atoms with Crippen LogP contribution in [0.1, 0.15) is 24.5 Å². The van der Waals surface area contributed by atoms with Crippen LogP contribution in [0.4, 0.5) is 0 Å².